The van der Waals surface area contributed by atoms with Crippen molar-refractivity contribution in [1.29, 1.82) is 0 Å². The Balaban J connectivity index is 1.17. The molecule has 1 fully saturated rings. The first-order valence-corrected chi connectivity index (χ1v) is 16.6. The number of aromatic nitrogens is 3. The molecule has 0 amide bonds. The van der Waals surface area contributed by atoms with E-state index in [1.165, 1.54) is 0 Å². The van der Waals surface area contributed by atoms with Crippen LogP contribution in [0.15, 0.2) is 139 Å². The van der Waals surface area contributed by atoms with Gasteiger partial charge in [0.1, 0.15) is 0 Å². The Labute approximate surface area is 302 Å². The third-order valence-corrected chi connectivity index (χ3v) is 9.77. The van der Waals surface area contributed by atoms with Crippen molar-refractivity contribution < 1.29 is 15.1 Å². The number of nitrogens with zero attached hydrogens (tertiary/aromatic N) is 3. The summed E-state index contributed by atoms with van der Waals surface area (Å²) in [6.45, 7) is 0. The second-order valence-electron chi connectivity index (χ2n) is 12.7. The van der Waals surface area contributed by atoms with Crippen LogP contribution in [-0.4, -0.2) is 15.0 Å². The van der Waals surface area contributed by atoms with E-state index in [1.807, 2.05) is 91.0 Å². The van der Waals surface area contributed by atoms with Gasteiger partial charge in [0.15, 0.2) is 17.5 Å². The van der Waals surface area contributed by atoms with Crippen molar-refractivity contribution in [2.45, 2.75) is 43.8 Å². The van der Waals surface area contributed by atoms with Gasteiger partial charge >= 0.3 is 0 Å². The SMILES string of the molecule is [2H]c1c([2H])c([2H])c2c(c1[2H])-c1c([2H])c([2H])c(-c3ccc4c(c3)-c3cc(-c5nc(-c6ccccc6)nc(-c6ccccc6)n5)ccc3C4)c([2H])c1C21C([2H])([2H])CCCC1([2H])[2H]. The highest BCUT2D eigenvalue weighted by molar-refractivity contribution is 5.87. The summed E-state index contributed by atoms with van der Waals surface area (Å²) in [4.78, 5) is 14.6. The largest absolute Gasteiger partial charge is 0.208 e. The summed E-state index contributed by atoms with van der Waals surface area (Å²) in [6.07, 6.45) is -4.29. The van der Waals surface area contributed by atoms with Crippen molar-refractivity contribution in [2.24, 2.45) is 0 Å². The fourth-order valence-electron chi connectivity index (χ4n) is 7.38. The number of hydrogen-bond donors (Lipinski definition) is 0. The normalized spacial score (nSPS) is 20.3. The lowest BCUT2D eigenvalue weighted by atomic mass is 9.67. The molecule has 10 rings (SSSR count). The van der Waals surface area contributed by atoms with Crippen molar-refractivity contribution in [3.8, 4) is 67.5 Å². The van der Waals surface area contributed by atoms with Crippen molar-refractivity contribution >= 4 is 0 Å². The highest BCUT2D eigenvalue weighted by atomic mass is 15.0. The van der Waals surface area contributed by atoms with E-state index in [2.05, 4.69) is 0 Å². The van der Waals surface area contributed by atoms with Gasteiger partial charge in [-0.2, -0.15) is 0 Å². The maximum atomic E-state index is 9.84. The van der Waals surface area contributed by atoms with Gasteiger partial charge in [-0.05, 0) is 93.0 Å². The number of benzene rings is 6. The van der Waals surface area contributed by atoms with Crippen LogP contribution in [0.5, 0.6) is 0 Å². The molecule has 1 aromatic heterocycles. The predicted molar refractivity (Wildman–Crippen MR) is 199 cm³/mol. The van der Waals surface area contributed by atoms with Gasteiger partial charge in [0.25, 0.3) is 0 Å². The van der Waals surface area contributed by atoms with E-state index in [0.717, 1.165) is 38.9 Å². The third kappa shape index (κ3) is 4.60. The molecule has 1 heterocycles. The van der Waals surface area contributed by atoms with Crippen LogP contribution in [0.25, 0.3) is 67.5 Å². The highest BCUT2D eigenvalue weighted by Gasteiger charge is 2.43. The summed E-state index contributed by atoms with van der Waals surface area (Å²) in [5, 5.41) is 0. The highest BCUT2D eigenvalue weighted by Crippen LogP contribution is 2.56. The molecule has 3 aliphatic carbocycles. The second-order valence-corrected chi connectivity index (χ2v) is 12.7. The number of rotatable bonds is 4. The van der Waals surface area contributed by atoms with E-state index in [9.17, 15) is 9.60 Å². The van der Waals surface area contributed by atoms with Gasteiger partial charge in [-0.1, -0.05) is 140 Å². The van der Waals surface area contributed by atoms with Crippen LogP contribution >= 0.6 is 0 Å². The quantitative estimate of drug-likeness (QED) is 0.192. The van der Waals surface area contributed by atoms with Gasteiger partial charge in [-0.3, -0.25) is 0 Å². The Morgan fingerprint density at radius 3 is 1.73 bits per heavy atom. The zero-order chi connectivity index (χ0) is 42.0. The van der Waals surface area contributed by atoms with E-state index in [0.29, 0.717) is 29.5 Å². The molecule has 0 N–H and O–H groups in total. The molecular weight excluding hydrogens is 595 g/mol. The average Bonchev–Trinajstić information content (AvgIpc) is 3.79. The van der Waals surface area contributed by atoms with Gasteiger partial charge in [0.05, 0.1) is 9.60 Å². The zero-order valence-corrected chi connectivity index (χ0v) is 26.4. The average molecular weight is 641 g/mol. The topological polar surface area (TPSA) is 38.7 Å². The molecule has 0 unspecified atom stereocenters. The summed E-state index contributed by atoms with van der Waals surface area (Å²) in [5.41, 5.74) is 3.38. The summed E-state index contributed by atoms with van der Waals surface area (Å²) < 4.78 is 101. The molecule has 3 nitrogen and oxygen atoms in total. The van der Waals surface area contributed by atoms with E-state index >= 15 is 0 Å². The van der Waals surface area contributed by atoms with Crippen LogP contribution in [0.1, 0.15) is 69.3 Å². The molecule has 3 heteroatoms. The van der Waals surface area contributed by atoms with Crippen LogP contribution in [0.4, 0.5) is 0 Å². The fraction of sp³-hybridized carbons (Fsp3) is 0.152. The molecule has 0 bridgehead atoms. The van der Waals surface area contributed by atoms with Crippen molar-refractivity contribution in [2.75, 3.05) is 0 Å². The Hall–Kier alpha value is -5.67. The minimum Gasteiger partial charge on any atom is -0.208 e. The third-order valence-electron chi connectivity index (χ3n) is 9.77. The number of fused-ring (bicyclic) bond motifs is 8. The molecule has 6 aromatic carbocycles. The molecule has 7 aromatic rings. The lowest BCUT2D eigenvalue weighted by Crippen LogP contribution is -2.28. The van der Waals surface area contributed by atoms with Gasteiger partial charge in [0.2, 0.25) is 0 Å². The first kappa shape index (κ1) is 19.4. The summed E-state index contributed by atoms with van der Waals surface area (Å²) in [6, 6.07) is 27.4. The van der Waals surface area contributed by atoms with Gasteiger partial charge in [0, 0.05) is 27.6 Å². The summed E-state index contributed by atoms with van der Waals surface area (Å²) in [5.74, 6) is 1.52. The monoisotopic (exact) mass is 640 g/mol. The molecule has 0 aliphatic heterocycles. The molecule has 0 saturated heterocycles. The van der Waals surface area contributed by atoms with E-state index in [1.54, 1.807) is 6.07 Å². The maximum absolute atomic E-state index is 9.84. The van der Waals surface area contributed by atoms with Gasteiger partial charge < -0.3 is 0 Å². The van der Waals surface area contributed by atoms with Crippen LogP contribution in [0.3, 0.4) is 0 Å². The zero-order valence-electron chi connectivity index (χ0n) is 37.4. The molecule has 1 saturated carbocycles. The van der Waals surface area contributed by atoms with Crippen LogP contribution < -0.4 is 0 Å². The molecule has 234 valence electrons. The van der Waals surface area contributed by atoms with Gasteiger partial charge in [-0.15, -0.1) is 0 Å². The Morgan fingerprint density at radius 1 is 0.490 bits per heavy atom. The molecule has 0 radical (unpaired) electrons. The fourth-order valence-corrected chi connectivity index (χ4v) is 7.38. The first-order valence-electron chi connectivity index (χ1n) is 22.1. The van der Waals surface area contributed by atoms with Gasteiger partial charge in [-0.25, -0.2) is 15.0 Å². The standard InChI is InChI=1S/C46H35N3/c1-4-12-30(13-5-1)43-47-44(31-14-6-2-7-15-31)49-45(48-43)36-21-20-35-26-34-19-18-32(27-39(34)40(35)28-36)33-22-23-38-37-16-8-9-17-41(37)46(42(38)29-33)24-10-3-11-25-46/h1-2,4-9,12-23,27-29H,3,10-11,24-26H2/i8D,9D,16D,17D,22D,23D,24D2,25D2,29D. The van der Waals surface area contributed by atoms with E-state index in [-0.39, 0.29) is 59.2 Å². The second kappa shape index (κ2) is 11.2. The Kier molecular flexibility index (Phi) is 4.43. The van der Waals surface area contributed by atoms with E-state index in [4.69, 9.17) is 20.4 Å². The first-order chi connectivity index (χ1) is 28.7. The van der Waals surface area contributed by atoms with Crippen LogP contribution in [0.2, 0.25) is 0 Å². The van der Waals surface area contributed by atoms with Crippen LogP contribution in [-0.2, 0) is 11.8 Å². The predicted octanol–water partition coefficient (Wildman–Crippen LogP) is 11.3. The van der Waals surface area contributed by atoms with Crippen molar-refractivity contribution in [3.63, 3.8) is 0 Å². The minimum atomic E-state index is -2.42. The lowest BCUT2D eigenvalue weighted by molar-refractivity contribution is 0.353. The summed E-state index contributed by atoms with van der Waals surface area (Å²) in [7, 11) is 0. The Morgan fingerprint density at radius 2 is 1.06 bits per heavy atom. The lowest BCUT2D eigenvalue weighted by Gasteiger charge is -2.36. The van der Waals surface area contributed by atoms with Crippen molar-refractivity contribution in [1.82, 2.24) is 15.0 Å². The molecular formula is C46H35N3. The molecule has 0 atom stereocenters. The molecule has 3 aliphatic rings. The molecule has 1 spiro atoms. The van der Waals surface area contributed by atoms with Crippen molar-refractivity contribution in [3.05, 3.63) is 162 Å². The smallest absolute Gasteiger partial charge is 0.164 e. The molecule has 49 heavy (non-hydrogen) atoms. The minimum absolute atomic E-state index is 0.00300. The maximum Gasteiger partial charge on any atom is 0.164 e. The summed E-state index contributed by atoms with van der Waals surface area (Å²) >= 11 is 0. The van der Waals surface area contributed by atoms with Crippen LogP contribution in [0, 0.1) is 0 Å². The Bertz CT molecular complexity index is 2900. The number of hydrogen-bond acceptors (Lipinski definition) is 3. The van der Waals surface area contributed by atoms with E-state index < -0.39 is 48.4 Å².